The average Bonchev–Trinajstić information content (AvgIpc) is 3.01. The fourth-order valence-corrected chi connectivity index (χ4v) is 4.49. The summed E-state index contributed by atoms with van der Waals surface area (Å²) in [5.41, 5.74) is 2.51. The summed E-state index contributed by atoms with van der Waals surface area (Å²) in [6.45, 7) is 2.41. The highest BCUT2D eigenvalue weighted by atomic mass is 19.1. The van der Waals surface area contributed by atoms with Gasteiger partial charge in [-0.25, -0.2) is 9.18 Å². The van der Waals surface area contributed by atoms with Crippen LogP contribution in [-0.2, 0) is 16.0 Å². The summed E-state index contributed by atoms with van der Waals surface area (Å²) >= 11 is 0. The number of ether oxygens (including phenoxy) is 1. The molecule has 0 fully saturated rings. The number of nitrogens with one attached hydrogen (secondary N) is 2. The summed E-state index contributed by atoms with van der Waals surface area (Å²) in [4.78, 5) is 37.5. The van der Waals surface area contributed by atoms with E-state index >= 15 is 0 Å². The van der Waals surface area contributed by atoms with Gasteiger partial charge in [0, 0.05) is 29.8 Å². The first-order valence-corrected chi connectivity index (χ1v) is 13.8. The number of amides is 1. The van der Waals surface area contributed by atoms with Crippen LogP contribution in [0, 0.1) is 5.82 Å². The van der Waals surface area contributed by atoms with Crippen molar-refractivity contribution in [3.8, 4) is 5.75 Å². The highest BCUT2D eigenvalue weighted by Crippen LogP contribution is 2.22. The average molecular weight is 569 g/mol. The molecular formula is C34H33FN2O5. The zero-order valence-corrected chi connectivity index (χ0v) is 23.3. The van der Waals surface area contributed by atoms with Gasteiger partial charge in [0.05, 0.1) is 12.5 Å². The number of carbonyl (C=O) groups is 3. The molecule has 0 heterocycles. The summed E-state index contributed by atoms with van der Waals surface area (Å²) in [6, 6.07) is 28.1. The second-order valence-electron chi connectivity index (χ2n) is 9.86. The van der Waals surface area contributed by atoms with Crippen molar-refractivity contribution < 1.29 is 28.6 Å². The van der Waals surface area contributed by atoms with Crippen molar-refractivity contribution in [2.75, 3.05) is 18.5 Å². The van der Waals surface area contributed by atoms with E-state index in [0.717, 1.165) is 5.56 Å². The maximum atomic E-state index is 13.9. The summed E-state index contributed by atoms with van der Waals surface area (Å²) in [7, 11) is 0. The van der Waals surface area contributed by atoms with E-state index in [9.17, 15) is 23.9 Å². The van der Waals surface area contributed by atoms with Crippen LogP contribution in [0.3, 0.4) is 0 Å². The van der Waals surface area contributed by atoms with Gasteiger partial charge < -0.3 is 20.5 Å². The van der Waals surface area contributed by atoms with E-state index in [2.05, 4.69) is 10.6 Å². The Morgan fingerprint density at radius 2 is 1.52 bits per heavy atom. The molecule has 0 saturated heterocycles. The van der Waals surface area contributed by atoms with Crippen LogP contribution >= 0.6 is 0 Å². The Morgan fingerprint density at radius 1 is 0.857 bits per heavy atom. The standard InChI is InChI=1S/C34H33FN2O5/c1-23(27-12-5-7-14-29(27)35)33(39)36-20-9-21-42-26-18-16-24(17-19-26)22-31(34(40)41)37-30-15-8-6-13-28(30)32(38)25-10-3-2-4-11-25/h2-8,10-19,23,31,37H,9,20-22H2,1H3,(H,36,39)(H,40,41). The fraction of sp³-hybridized carbons (Fsp3) is 0.206. The molecule has 8 heteroatoms. The monoisotopic (exact) mass is 568 g/mol. The van der Waals surface area contributed by atoms with Gasteiger partial charge in [0.2, 0.25) is 5.91 Å². The van der Waals surface area contributed by atoms with E-state index in [1.54, 1.807) is 97.9 Å². The van der Waals surface area contributed by atoms with Gasteiger partial charge in [-0.05, 0) is 54.8 Å². The molecule has 4 rings (SSSR count). The summed E-state index contributed by atoms with van der Waals surface area (Å²) in [5.74, 6) is -1.87. The minimum Gasteiger partial charge on any atom is -0.494 e. The smallest absolute Gasteiger partial charge is 0.326 e. The van der Waals surface area contributed by atoms with E-state index in [0.29, 0.717) is 47.7 Å². The lowest BCUT2D eigenvalue weighted by Gasteiger charge is -2.18. The maximum absolute atomic E-state index is 13.9. The lowest BCUT2D eigenvalue weighted by molar-refractivity contribution is -0.137. The molecular weight excluding hydrogens is 535 g/mol. The van der Waals surface area contributed by atoms with Crippen LogP contribution in [0.4, 0.5) is 10.1 Å². The van der Waals surface area contributed by atoms with E-state index in [-0.39, 0.29) is 18.1 Å². The van der Waals surface area contributed by atoms with Crippen LogP contribution in [0.5, 0.6) is 5.75 Å². The first kappa shape index (κ1) is 30.0. The van der Waals surface area contributed by atoms with E-state index in [4.69, 9.17) is 4.74 Å². The minimum absolute atomic E-state index is 0.190. The van der Waals surface area contributed by atoms with Gasteiger partial charge in [0.1, 0.15) is 17.6 Å². The van der Waals surface area contributed by atoms with Gasteiger partial charge in [-0.1, -0.05) is 72.8 Å². The van der Waals surface area contributed by atoms with Gasteiger partial charge >= 0.3 is 5.97 Å². The Morgan fingerprint density at radius 3 is 2.24 bits per heavy atom. The summed E-state index contributed by atoms with van der Waals surface area (Å²) in [6.07, 6.45) is 0.749. The normalized spacial score (nSPS) is 12.1. The molecule has 2 atom stereocenters. The van der Waals surface area contributed by atoms with Gasteiger partial charge in [-0.2, -0.15) is 0 Å². The van der Waals surface area contributed by atoms with Gasteiger partial charge in [-0.3, -0.25) is 9.59 Å². The van der Waals surface area contributed by atoms with Crippen molar-refractivity contribution in [1.29, 1.82) is 0 Å². The maximum Gasteiger partial charge on any atom is 0.326 e. The molecule has 42 heavy (non-hydrogen) atoms. The third-order valence-electron chi connectivity index (χ3n) is 6.85. The number of benzene rings is 4. The second-order valence-corrected chi connectivity index (χ2v) is 9.86. The number of hydrogen-bond acceptors (Lipinski definition) is 5. The molecule has 7 nitrogen and oxygen atoms in total. The number of anilines is 1. The van der Waals surface area contributed by atoms with Crippen LogP contribution in [0.15, 0.2) is 103 Å². The van der Waals surface area contributed by atoms with Crippen molar-refractivity contribution >= 4 is 23.3 Å². The molecule has 0 spiro atoms. The Bertz CT molecular complexity index is 1510. The largest absolute Gasteiger partial charge is 0.494 e. The molecule has 2 unspecified atom stereocenters. The SMILES string of the molecule is CC(C(=O)NCCCOc1ccc(CC(Nc2ccccc2C(=O)c2ccccc2)C(=O)O)cc1)c1ccccc1F. The molecule has 0 radical (unpaired) electrons. The van der Waals surface area contributed by atoms with Crippen molar-refractivity contribution in [3.05, 3.63) is 131 Å². The number of hydrogen-bond donors (Lipinski definition) is 3. The topological polar surface area (TPSA) is 105 Å². The Kier molecular flexibility index (Phi) is 10.4. The molecule has 0 aliphatic carbocycles. The van der Waals surface area contributed by atoms with Crippen molar-refractivity contribution in [2.24, 2.45) is 0 Å². The molecule has 1 amide bonds. The Hall–Kier alpha value is -4.98. The molecule has 0 aromatic heterocycles. The summed E-state index contributed by atoms with van der Waals surface area (Å²) in [5, 5.41) is 15.7. The molecule has 0 saturated carbocycles. The van der Waals surface area contributed by atoms with E-state index in [1.165, 1.54) is 6.07 Å². The predicted octanol–water partition coefficient (Wildman–Crippen LogP) is 5.85. The van der Waals surface area contributed by atoms with Crippen LogP contribution in [0.2, 0.25) is 0 Å². The highest BCUT2D eigenvalue weighted by Gasteiger charge is 2.21. The molecule has 3 N–H and O–H groups in total. The Balaban J connectivity index is 1.27. The first-order chi connectivity index (χ1) is 20.3. The van der Waals surface area contributed by atoms with Crippen LogP contribution in [0.1, 0.15) is 46.3 Å². The van der Waals surface area contributed by atoms with Crippen LogP contribution in [0.25, 0.3) is 0 Å². The van der Waals surface area contributed by atoms with Gasteiger partial charge in [0.15, 0.2) is 5.78 Å². The van der Waals surface area contributed by atoms with E-state index < -0.39 is 23.7 Å². The molecule has 216 valence electrons. The first-order valence-electron chi connectivity index (χ1n) is 13.8. The predicted molar refractivity (Wildman–Crippen MR) is 159 cm³/mol. The van der Waals surface area contributed by atoms with Crippen LogP contribution < -0.4 is 15.4 Å². The third-order valence-corrected chi connectivity index (χ3v) is 6.85. The quantitative estimate of drug-likeness (QED) is 0.130. The molecule has 4 aromatic rings. The number of carboxylic acids is 1. The number of para-hydroxylation sites is 1. The molecule has 0 aliphatic rings. The number of rotatable bonds is 14. The lowest BCUT2D eigenvalue weighted by Crippen LogP contribution is -2.32. The number of ketones is 1. The second kappa shape index (κ2) is 14.6. The van der Waals surface area contributed by atoms with Crippen molar-refractivity contribution in [2.45, 2.75) is 31.7 Å². The van der Waals surface area contributed by atoms with Crippen molar-refractivity contribution in [3.63, 3.8) is 0 Å². The molecule has 4 aromatic carbocycles. The third kappa shape index (κ3) is 8.04. The van der Waals surface area contributed by atoms with Crippen molar-refractivity contribution in [1.82, 2.24) is 5.32 Å². The number of halogens is 1. The number of carbonyl (C=O) groups excluding carboxylic acids is 2. The fourth-order valence-electron chi connectivity index (χ4n) is 4.49. The number of carboxylic acid groups (broad SMARTS) is 1. The Labute approximate surface area is 244 Å². The zero-order valence-electron chi connectivity index (χ0n) is 23.3. The van der Waals surface area contributed by atoms with Crippen LogP contribution in [-0.4, -0.2) is 42.0 Å². The summed E-state index contributed by atoms with van der Waals surface area (Å²) < 4.78 is 19.7. The minimum atomic E-state index is -1.04. The highest BCUT2D eigenvalue weighted by molar-refractivity contribution is 6.12. The van der Waals surface area contributed by atoms with Gasteiger partial charge in [0.25, 0.3) is 0 Å². The van der Waals surface area contributed by atoms with E-state index in [1.807, 2.05) is 6.07 Å². The molecule has 0 bridgehead atoms. The molecule has 0 aliphatic heterocycles. The lowest BCUT2D eigenvalue weighted by atomic mass is 10.00. The van der Waals surface area contributed by atoms with Gasteiger partial charge in [-0.15, -0.1) is 0 Å². The number of aliphatic carboxylic acids is 1. The zero-order chi connectivity index (χ0) is 29.9.